The van der Waals surface area contributed by atoms with Gasteiger partial charge in [-0.2, -0.15) is 0 Å². The number of nitrogens with zero attached hydrogens (tertiary/aromatic N) is 1. The van der Waals surface area contributed by atoms with Gasteiger partial charge in [-0.25, -0.2) is 4.79 Å². The Balaban J connectivity index is 2.06. The number of hydrogen-bond donors (Lipinski definition) is 1. The zero-order valence-corrected chi connectivity index (χ0v) is 16.8. The number of amides is 1. The highest BCUT2D eigenvalue weighted by atomic mass is 79.9. The molecule has 1 N–H and O–H groups in total. The van der Waals surface area contributed by atoms with Gasteiger partial charge >= 0.3 is 6.09 Å². The highest BCUT2D eigenvalue weighted by molar-refractivity contribution is 9.10. The standard InChI is InChI=1S/C21H23BrN2O2/c1-5-14-24(15-16-6-8-17(22)9-7-16)19-12-10-18(11-13-19)23-20(25)26-21(2,3)4/h1,6-13H,14-15H2,2-4H3,(H,23,25). The lowest BCUT2D eigenvalue weighted by molar-refractivity contribution is 0.0636. The molecule has 0 aliphatic carbocycles. The maximum atomic E-state index is 11.8. The Morgan fingerprint density at radius 2 is 1.77 bits per heavy atom. The minimum atomic E-state index is -0.529. The summed E-state index contributed by atoms with van der Waals surface area (Å²) < 4.78 is 6.30. The first-order chi connectivity index (χ1) is 12.3. The van der Waals surface area contributed by atoms with Crippen molar-refractivity contribution in [2.75, 3.05) is 16.8 Å². The summed E-state index contributed by atoms with van der Waals surface area (Å²) in [6.07, 6.45) is 5.05. The molecule has 4 nitrogen and oxygen atoms in total. The number of carbonyl (C=O) groups is 1. The maximum absolute atomic E-state index is 11.8. The van der Waals surface area contributed by atoms with Gasteiger partial charge < -0.3 is 9.64 Å². The quantitative estimate of drug-likeness (QED) is 0.662. The number of nitrogens with one attached hydrogen (secondary N) is 1. The van der Waals surface area contributed by atoms with Crippen LogP contribution in [0.5, 0.6) is 0 Å². The molecule has 1 amide bonds. The van der Waals surface area contributed by atoms with E-state index in [4.69, 9.17) is 11.2 Å². The molecule has 0 aliphatic rings. The second kappa shape index (κ2) is 8.77. The van der Waals surface area contributed by atoms with E-state index in [0.717, 1.165) is 10.2 Å². The van der Waals surface area contributed by atoms with Crippen LogP contribution >= 0.6 is 15.9 Å². The number of carbonyl (C=O) groups excluding carboxylic acids is 1. The third-order valence-corrected chi connectivity index (χ3v) is 3.98. The van der Waals surface area contributed by atoms with Gasteiger partial charge in [0.15, 0.2) is 0 Å². The van der Waals surface area contributed by atoms with Crippen LogP contribution in [-0.2, 0) is 11.3 Å². The van der Waals surface area contributed by atoms with Crippen LogP contribution in [0.4, 0.5) is 16.2 Å². The molecule has 0 saturated heterocycles. The molecule has 2 aromatic rings. The lowest BCUT2D eigenvalue weighted by atomic mass is 10.2. The van der Waals surface area contributed by atoms with Crippen molar-refractivity contribution < 1.29 is 9.53 Å². The highest BCUT2D eigenvalue weighted by Crippen LogP contribution is 2.21. The van der Waals surface area contributed by atoms with Crippen molar-refractivity contribution in [1.29, 1.82) is 0 Å². The summed E-state index contributed by atoms with van der Waals surface area (Å²) in [5, 5.41) is 2.73. The minimum Gasteiger partial charge on any atom is -0.444 e. The van der Waals surface area contributed by atoms with Crippen molar-refractivity contribution in [1.82, 2.24) is 0 Å². The summed E-state index contributed by atoms with van der Waals surface area (Å²) in [6.45, 7) is 6.69. The molecule has 136 valence electrons. The van der Waals surface area contributed by atoms with Crippen LogP contribution in [-0.4, -0.2) is 18.2 Å². The maximum Gasteiger partial charge on any atom is 0.412 e. The summed E-state index contributed by atoms with van der Waals surface area (Å²) in [7, 11) is 0. The SMILES string of the molecule is C#CCN(Cc1ccc(Br)cc1)c1ccc(NC(=O)OC(C)(C)C)cc1. The topological polar surface area (TPSA) is 41.6 Å². The lowest BCUT2D eigenvalue weighted by Gasteiger charge is -2.23. The Hall–Kier alpha value is -2.45. The largest absolute Gasteiger partial charge is 0.444 e. The first-order valence-corrected chi connectivity index (χ1v) is 9.09. The number of ether oxygens (including phenoxy) is 1. The average Bonchev–Trinajstić information content (AvgIpc) is 2.55. The van der Waals surface area contributed by atoms with Crippen molar-refractivity contribution in [3.8, 4) is 12.3 Å². The van der Waals surface area contributed by atoms with Crippen LogP contribution in [0.25, 0.3) is 0 Å². The zero-order valence-electron chi connectivity index (χ0n) is 15.3. The third kappa shape index (κ3) is 6.45. The molecule has 0 saturated carbocycles. The predicted octanol–water partition coefficient (Wildman–Crippen LogP) is 5.44. The lowest BCUT2D eigenvalue weighted by Crippen LogP contribution is -2.27. The predicted molar refractivity (Wildman–Crippen MR) is 110 cm³/mol. The first kappa shape index (κ1) is 19.9. The number of terminal acetylenes is 1. The molecule has 2 rings (SSSR count). The van der Waals surface area contributed by atoms with Gasteiger partial charge in [-0.05, 0) is 62.7 Å². The molecule has 26 heavy (non-hydrogen) atoms. The van der Waals surface area contributed by atoms with E-state index in [1.807, 2.05) is 57.2 Å². The molecule has 0 heterocycles. The van der Waals surface area contributed by atoms with Crippen LogP contribution in [0.3, 0.4) is 0 Å². The zero-order chi connectivity index (χ0) is 19.2. The van der Waals surface area contributed by atoms with E-state index in [9.17, 15) is 4.79 Å². The number of hydrogen-bond acceptors (Lipinski definition) is 3. The Labute approximate surface area is 163 Å². The van der Waals surface area contributed by atoms with Gasteiger partial charge in [0.1, 0.15) is 5.60 Å². The van der Waals surface area contributed by atoms with Gasteiger partial charge in [0.05, 0.1) is 6.54 Å². The minimum absolute atomic E-state index is 0.472. The summed E-state index contributed by atoms with van der Waals surface area (Å²) >= 11 is 3.44. The van der Waals surface area contributed by atoms with Crippen LogP contribution in [0.15, 0.2) is 53.0 Å². The van der Waals surface area contributed by atoms with Crippen molar-refractivity contribution in [2.24, 2.45) is 0 Å². The Morgan fingerprint density at radius 1 is 1.15 bits per heavy atom. The van der Waals surface area contributed by atoms with E-state index in [1.165, 1.54) is 5.56 Å². The first-order valence-electron chi connectivity index (χ1n) is 8.30. The van der Waals surface area contributed by atoms with Gasteiger partial charge in [-0.3, -0.25) is 5.32 Å². The van der Waals surface area contributed by atoms with Gasteiger partial charge in [0.25, 0.3) is 0 Å². The number of halogens is 1. The number of anilines is 2. The third-order valence-electron chi connectivity index (χ3n) is 3.45. The van der Waals surface area contributed by atoms with E-state index >= 15 is 0 Å². The Morgan fingerprint density at radius 3 is 2.31 bits per heavy atom. The van der Waals surface area contributed by atoms with Gasteiger partial charge in [-0.15, -0.1) is 6.42 Å². The molecule has 0 spiro atoms. The second-order valence-electron chi connectivity index (χ2n) is 6.86. The van der Waals surface area contributed by atoms with E-state index in [1.54, 1.807) is 0 Å². The van der Waals surface area contributed by atoms with Crippen molar-refractivity contribution in [3.63, 3.8) is 0 Å². The van der Waals surface area contributed by atoms with Crippen molar-refractivity contribution in [3.05, 3.63) is 58.6 Å². The van der Waals surface area contributed by atoms with Gasteiger partial charge in [0.2, 0.25) is 0 Å². The summed E-state index contributed by atoms with van der Waals surface area (Å²) in [4.78, 5) is 13.9. The fourth-order valence-electron chi connectivity index (χ4n) is 2.34. The average molecular weight is 415 g/mol. The molecule has 0 atom stereocenters. The van der Waals surface area contributed by atoms with Crippen molar-refractivity contribution in [2.45, 2.75) is 32.9 Å². The van der Waals surface area contributed by atoms with Crippen LogP contribution in [0.2, 0.25) is 0 Å². The fraction of sp³-hybridized carbons (Fsp3) is 0.286. The molecule has 0 unspecified atom stereocenters. The molecule has 5 heteroatoms. The van der Waals surface area contributed by atoms with Crippen LogP contribution in [0.1, 0.15) is 26.3 Å². The second-order valence-corrected chi connectivity index (χ2v) is 7.78. The van der Waals surface area contributed by atoms with Crippen LogP contribution < -0.4 is 10.2 Å². The molecular weight excluding hydrogens is 392 g/mol. The smallest absolute Gasteiger partial charge is 0.412 e. The van der Waals surface area contributed by atoms with Crippen LogP contribution in [0, 0.1) is 12.3 Å². The molecular formula is C21H23BrN2O2. The molecule has 0 bridgehead atoms. The van der Waals surface area contributed by atoms with Gasteiger partial charge in [0, 0.05) is 22.4 Å². The van der Waals surface area contributed by atoms with Gasteiger partial charge in [-0.1, -0.05) is 34.0 Å². The van der Waals surface area contributed by atoms with E-state index in [-0.39, 0.29) is 0 Å². The highest BCUT2D eigenvalue weighted by Gasteiger charge is 2.16. The summed E-state index contributed by atoms with van der Waals surface area (Å²) in [5.74, 6) is 2.70. The fourth-order valence-corrected chi connectivity index (χ4v) is 2.60. The molecule has 2 aromatic carbocycles. The van der Waals surface area contributed by atoms with Crippen molar-refractivity contribution >= 4 is 33.4 Å². The normalized spacial score (nSPS) is 10.7. The Bertz CT molecular complexity index is 772. The number of benzene rings is 2. The molecule has 0 radical (unpaired) electrons. The monoisotopic (exact) mass is 414 g/mol. The molecule has 0 fully saturated rings. The number of rotatable bonds is 5. The Kier molecular flexibility index (Phi) is 6.70. The van der Waals surface area contributed by atoms with E-state index in [2.05, 4.69) is 44.2 Å². The van der Waals surface area contributed by atoms with E-state index in [0.29, 0.717) is 18.8 Å². The molecule has 0 aromatic heterocycles. The summed E-state index contributed by atoms with van der Waals surface area (Å²) in [5.41, 5.74) is 2.30. The van der Waals surface area contributed by atoms with E-state index < -0.39 is 11.7 Å². The molecule has 0 aliphatic heterocycles. The summed E-state index contributed by atoms with van der Waals surface area (Å²) in [6, 6.07) is 15.7.